The first-order valence-corrected chi connectivity index (χ1v) is 7.98. The van der Waals surface area contributed by atoms with Crippen LogP contribution in [0.2, 0.25) is 0 Å². The second-order valence-corrected chi connectivity index (χ2v) is 6.14. The van der Waals surface area contributed by atoms with Crippen LogP contribution < -0.4 is 4.90 Å². The number of amides is 1. The highest BCUT2D eigenvalue weighted by atomic mass is 16.2. The van der Waals surface area contributed by atoms with Crippen LogP contribution >= 0.6 is 0 Å². The van der Waals surface area contributed by atoms with Crippen LogP contribution in [0.25, 0.3) is 0 Å². The van der Waals surface area contributed by atoms with E-state index in [9.17, 15) is 14.4 Å². The topological polar surface area (TPSA) is 54.5 Å². The smallest absolute Gasteiger partial charge is 0.224 e. The molecule has 2 aromatic carbocycles. The van der Waals surface area contributed by atoms with E-state index in [4.69, 9.17) is 0 Å². The Hall–Kier alpha value is -2.75. The Labute approximate surface area is 141 Å². The van der Waals surface area contributed by atoms with Crippen LogP contribution in [0.5, 0.6) is 0 Å². The Kier molecular flexibility index (Phi) is 4.30. The molecule has 4 heteroatoms. The molecule has 1 amide bonds. The van der Waals surface area contributed by atoms with Crippen LogP contribution in [0.15, 0.2) is 48.5 Å². The second-order valence-electron chi connectivity index (χ2n) is 6.14. The normalized spacial score (nSPS) is 17.5. The van der Waals surface area contributed by atoms with Crippen LogP contribution in [0.4, 0.5) is 5.69 Å². The molecule has 0 unspecified atom stereocenters. The van der Waals surface area contributed by atoms with Gasteiger partial charge in [0.05, 0.1) is 5.69 Å². The zero-order valence-corrected chi connectivity index (χ0v) is 13.7. The zero-order valence-electron chi connectivity index (χ0n) is 13.7. The molecular formula is C20H19NO3. The van der Waals surface area contributed by atoms with Gasteiger partial charge in [0.15, 0.2) is 5.78 Å². The molecule has 0 aromatic heterocycles. The number of anilines is 1. The second kappa shape index (κ2) is 6.40. The monoisotopic (exact) mass is 321 g/mol. The molecule has 3 rings (SSSR count). The van der Waals surface area contributed by atoms with Crippen molar-refractivity contribution in [1.29, 1.82) is 0 Å². The van der Waals surface area contributed by atoms with Gasteiger partial charge in [0.25, 0.3) is 0 Å². The number of benzene rings is 2. The molecule has 122 valence electrons. The molecule has 1 heterocycles. The number of fused-ring (bicyclic) bond motifs is 1. The maximum atomic E-state index is 13.0. The van der Waals surface area contributed by atoms with Crippen LogP contribution in [0.3, 0.4) is 0 Å². The van der Waals surface area contributed by atoms with Crippen LogP contribution in [0, 0.1) is 6.92 Å². The van der Waals surface area contributed by atoms with Crippen molar-refractivity contribution in [2.45, 2.75) is 32.2 Å². The third-order valence-corrected chi connectivity index (χ3v) is 4.52. The first-order valence-electron chi connectivity index (χ1n) is 7.98. The highest BCUT2D eigenvalue weighted by Crippen LogP contribution is 2.40. The van der Waals surface area contributed by atoms with Gasteiger partial charge in [-0.2, -0.15) is 0 Å². The molecule has 0 radical (unpaired) electrons. The number of Topliss-reactive ketones (excluding diaryl/α,β-unsaturated/α-hetero) is 1. The Morgan fingerprint density at radius 2 is 1.92 bits per heavy atom. The van der Waals surface area contributed by atoms with Gasteiger partial charge < -0.3 is 9.69 Å². The average Bonchev–Trinajstić information content (AvgIpc) is 2.86. The third-order valence-electron chi connectivity index (χ3n) is 4.52. The summed E-state index contributed by atoms with van der Waals surface area (Å²) < 4.78 is 0. The van der Waals surface area contributed by atoms with Gasteiger partial charge in [0.1, 0.15) is 12.3 Å². The van der Waals surface area contributed by atoms with Crippen molar-refractivity contribution in [2.24, 2.45) is 0 Å². The Morgan fingerprint density at radius 3 is 2.54 bits per heavy atom. The number of hydrogen-bond acceptors (Lipinski definition) is 3. The molecule has 0 aliphatic carbocycles. The summed E-state index contributed by atoms with van der Waals surface area (Å²) in [6.45, 7) is 3.37. The molecule has 0 fully saturated rings. The van der Waals surface area contributed by atoms with Crippen molar-refractivity contribution in [3.8, 4) is 0 Å². The number of aryl methyl sites for hydroxylation is 1. The lowest BCUT2D eigenvalue weighted by atomic mass is 9.86. The van der Waals surface area contributed by atoms with E-state index in [0.29, 0.717) is 11.3 Å². The fraction of sp³-hybridized carbons (Fsp3) is 0.250. The molecular weight excluding hydrogens is 302 g/mol. The fourth-order valence-electron chi connectivity index (χ4n) is 3.46. The van der Waals surface area contributed by atoms with Crippen LogP contribution in [-0.4, -0.2) is 24.0 Å². The Morgan fingerprint density at radius 1 is 1.21 bits per heavy atom. The predicted molar refractivity (Wildman–Crippen MR) is 92.3 cm³/mol. The number of rotatable bonds is 4. The summed E-state index contributed by atoms with van der Waals surface area (Å²) in [7, 11) is 0. The third kappa shape index (κ3) is 2.64. The summed E-state index contributed by atoms with van der Waals surface area (Å²) in [5, 5.41) is 0. The minimum Gasteiger partial charge on any atom is -0.303 e. The van der Waals surface area contributed by atoms with Gasteiger partial charge in [0, 0.05) is 24.8 Å². The number of ketones is 1. The summed E-state index contributed by atoms with van der Waals surface area (Å²) in [6, 6.07) is 14.3. The lowest BCUT2D eigenvalue weighted by Gasteiger charge is -2.29. The molecule has 4 nitrogen and oxygen atoms in total. The summed E-state index contributed by atoms with van der Waals surface area (Å²) in [5.41, 5.74) is 3.05. The number of carbonyl (C=O) groups is 3. The minimum atomic E-state index is -0.674. The Bertz CT molecular complexity index is 798. The SMILES string of the molecule is CC(=O)N1c2ccc(C)cc2C(=O)[C@H]1[C@@H](CC=O)c1ccccc1. The fourth-order valence-corrected chi connectivity index (χ4v) is 3.46. The minimum absolute atomic E-state index is 0.0976. The molecule has 0 N–H and O–H groups in total. The number of carbonyl (C=O) groups excluding carboxylic acids is 3. The van der Waals surface area contributed by atoms with Crippen LogP contribution in [-0.2, 0) is 9.59 Å². The van der Waals surface area contributed by atoms with Gasteiger partial charge in [0.2, 0.25) is 5.91 Å². The van der Waals surface area contributed by atoms with E-state index in [0.717, 1.165) is 17.4 Å². The Balaban J connectivity index is 2.12. The van der Waals surface area contributed by atoms with Crippen molar-refractivity contribution in [1.82, 2.24) is 0 Å². The quantitative estimate of drug-likeness (QED) is 0.812. The van der Waals surface area contributed by atoms with Gasteiger partial charge in [-0.15, -0.1) is 0 Å². The first kappa shape index (κ1) is 16.1. The van der Waals surface area contributed by atoms with Crippen molar-refractivity contribution < 1.29 is 14.4 Å². The predicted octanol–water partition coefficient (Wildman–Crippen LogP) is 3.29. The molecule has 1 aliphatic heterocycles. The number of aldehydes is 1. The maximum absolute atomic E-state index is 13.0. The number of nitrogens with zero attached hydrogens (tertiary/aromatic N) is 1. The molecule has 2 aromatic rings. The van der Waals surface area contributed by atoms with E-state index in [1.165, 1.54) is 11.8 Å². The summed E-state index contributed by atoms with van der Waals surface area (Å²) in [4.78, 5) is 38.1. The lowest BCUT2D eigenvalue weighted by Crippen LogP contribution is -2.43. The van der Waals surface area contributed by atoms with E-state index in [-0.39, 0.29) is 24.0 Å². The van der Waals surface area contributed by atoms with E-state index < -0.39 is 6.04 Å². The molecule has 0 spiro atoms. The van der Waals surface area contributed by atoms with Gasteiger partial charge in [-0.25, -0.2) is 0 Å². The highest BCUT2D eigenvalue weighted by molar-refractivity contribution is 6.18. The summed E-state index contributed by atoms with van der Waals surface area (Å²) in [5.74, 6) is -0.643. The van der Waals surface area contributed by atoms with Gasteiger partial charge >= 0.3 is 0 Å². The molecule has 24 heavy (non-hydrogen) atoms. The van der Waals surface area contributed by atoms with Crippen molar-refractivity contribution in [2.75, 3.05) is 4.90 Å². The molecule has 0 saturated carbocycles. The summed E-state index contributed by atoms with van der Waals surface area (Å²) >= 11 is 0. The van der Waals surface area contributed by atoms with Gasteiger partial charge in [-0.3, -0.25) is 9.59 Å². The van der Waals surface area contributed by atoms with Crippen LogP contribution in [0.1, 0.15) is 40.7 Å². The zero-order chi connectivity index (χ0) is 17.3. The molecule has 2 atom stereocenters. The largest absolute Gasteiger partial charge is 0.303 e. The van der Waals surface area contributed by atoms with Gasteiger partial charge in [-0.1, -0.05) is 42.0 Å². The average molecular weight is 321 g/mol. The van der Waals surface area contributed by atoms with Crippen molar-refractivity contribution >= 4 is 23.7 Å². The molecule has 0 bridgehead atoms. The molecule has 0 saturated heterocycles. The van der Waals surface area contributed by atoms with E-state index in [1.54, 1.807) is 0 Å². The van der Waals surface area contributed by atoms with E-state index in [2.05, 4.69) is 0 Å². The van der Waals surface area contributed by atoms with E-state index >= 15 is 0 Å². The van der Waals surface area contributed by atoms with Crippen molar-refractivity contribution in [3.05, 3.63) is 65.2 Å². The standard InChI is InChI=1S/C20H19NO3/c1-13-8-9-18-17(12-13)20(24)19(21(18)14(2)23)16(10-11-22)15-6-4-3-5-7-15/h3-9,11-12,16,19H,10H2,1-2H3/t16-,19+/m0/s1. The number of hydrogen-bond donors (Lipinski definition) is 0. The lowest BCUT2D eigenvalue weighted by molar-refractivity contribution is -0.117. The summed E-state index contributed by atoms with van der Waals surface area (Å²) in [6.07, 6.45) is 1.01. The highest BCUT2D eigenvalue weighted by Gasteiger charge is 2.44. The van der Waals surface area contributed by atoms with Crippen molar-refractivity contribution in [3.63, 3.8) is 0 Å². The first-order chi connectivity index (χ1) is 11.5. The maximum Gasteiger partial charge on any atom is 0.224 e. The van der Waals surface area contributed by atoms with Gasteiger partial charge in [-0.05, 0) is 24.6 Å². The van der Waals surface area contributed by atoms with E-state index in [1.807, 2.05) is 55.5 Å². The molecule has 1 aliphatic rings.